The number of rotatable bonds is 6. The Morgan fingerprint density at radius 1 is 1.47 bits per heavy atom. The lowest BCUT2D eigenvalue weighted by atomic mass is 9.84. The molecule has 0 aliphatic heterocycles. The Morgan fingerprint density at radius 2 is 2.11 bits per heavy atom. The van der Waals surface area contributed by atoms with Crippen LogP contribution in [-0.2, 0) is 6.42 Å². The van der Waals surface area contributed by atoms with Gasteiger partial charge in [-0.25, -0.2) is 4.39 Å². The summed E-state index contributed by atoms with van der Waals surface area (Å²) in [5.74, 6) is 5.38. The number of nitrogens with zero attached hydrogens (tertiary/aromatic N) is 1. The fraction of sp³-hybridized carbons (Fsp3) is 0.571. The first kappa shape index (κ1) is 16.4. The molecule has 0 amide bonds. The van der Waals surface area contributed by atoms with Gasteiger partial charge in [-0.2, -0.15) is 0 Å². The molecule has 0 radical (unpaired) electrons. The molecule has 0 fully saturated rings. The van der Waals surface area contributed by atoms with Crippen molar-refractivity contribution < 1.29 is 4.39 Å². The van der Waals surface area contributed by atoms with Gasteiger partial charge in [0.15, 0.2) is 0 Å². The van der Waals surface area contributed by atoms with Crippen molar-refractivity contribution >= 4 is 11.6 Å². The normalized spacial score (nSPS) is 16.4. The Hall–Kier alpha value is -0.680. The lowest BCUT2D eigenvalue weighted by Crippen LogP contribution is -2.59. The number of halogens is 2. The molecular weight excluding hydrogens is 265 g/mol. The topological polar surface area (TPSA) is 41.3 Å². The van der Waals surface area contributed by atoms with Crippen molar-refractivity contribution in [2.45, 2.75) is 38.3 Å². The van der Waals surface area contributed by atoms with Gasteiger partial charge in [0.2, 0.25) is 0 Å². The van der Waals surface area contributed by atoms with E-state index in [0.29, 0.717) is 11.4 Å². The molecule has 2 atom stereocenters. The Bertz CT molecular complexity index is 425. The average Bonchev–Trinajstić information content (AvgIpc) is 2.36. The van der Waals surface area contributed by atoms with Gasteiger partial charge >= 0.3 is 0 Å². The van der Waals surface area contributed by atoms with E-state index in [1.54, 1.807) is 6.07 Å². The number of hydrogen-bond donors (Lipinski definition) is 2. The molecule has 108 valence electrons. The van der Waals surface area contributed by atoms with Gasteiger partial charge in [0.05, 0.1) is 0 Å². The van der Waals surface area contributed by atoms with Crippen LogP contribution in [-0.4, -0.2) is 30.6 Å². The van der Waals surface area contributed by atoms with Crippen LogP contribution in [0.15, 0.2) is 18.2 Å². The van der Waals surface area contributed by atoms with E-state index >= 15 is 0 Å². The second kappa shape index (κ2) is 6.66. The monoisotopic (exact) mass is 287 g/mol. The Balaban J connectivity index is 2.99. The highest BCUT2D eigenvalue weighted by Crippen LogP contribution is 2.26. The molecule has 0 spiro atoms. The van der Waals surface area contributed by atoms with Gasteiger partial charge in [0, 0.05) is 16.6 Å². The molecule has 0 aliphatic carbocycles. The van der Waals surface area contributed by atoms with Crippen molar-refractivity contribution in [3.8, 4) is 0 Å². The molecular formula is C14H23ClFN3. The van der Waals surface area contributed by atoms with Crippen molar-refractivity contribution in [2.24, 2.45) is 5.84 Å². The van der Waals surface area contributed by atoms with Crippen LogP contribution in [0.25, 0.3) is 0 Å². The van der Waals surface area contributed by atoms with Gasteiger partial charge < -0.3 is 4.90 Å². The fourth-order valence-electron chi connectivity index (χ4n) is 2.24. The highest BCUT2D eigenvalue weighted by molar-refractivity contribution is 6.31. The Labute approximate surface area is 119 Å². The summed E-state index contributed by atoms with van der Waals surface area (Å²) in [5.41, 5.74) is 3.66. The standard InChI is InChI=1S/C14H23ClFN3/c1-5-14(2,19(3)4)13(18-17)8-10-6-7-11(16)9-12(10)15/h6-7,9,13,18H,5,8,17H2,1-4H3. The quantitative estimate of drug-likeness (QED) is 0.624. The number of nitrogens with one attached hydrogen (secondary N) is 1. The molecule has 1 aromatic rings. The van der Waals surface area contributed by atoms with E-state index in [2.05, 4.69) is 24.2 Å². The minimum absolute atomic E-state index is 0.0236. The second-order valence-corrected chi connectivity index (χ2v) is 5.67. The minimum Gasteiger partial charge on any atom is -0.302 e. The summed E-state index contributed by atoms with van der Waals surface area (Å²) in [6, 6.07) is 4.50. The third kappa shape index (κ3) is 3.66. The Kier molecular flexibility index (Phi) is 5.74. The van der Waals surface area contributed by atoms with Crippen LogP contribution in [0.3, 0.4) is 0 Å². The van der Waals surface area contributed by atoms with E-state index in [1.165, 1.54) is 12.1 Å². The first-order valence-corrected chi connectivity index (χ1v) is 6.80. The molecule has 0 heterocycles. The minimum atomic E-state index is -0.322. The van der Waals surface area contributed by atoms with Gasteiger partial charge in [-0.15, -0.1) is 0 Å². The summed E-state index contributed by atoms with van der Waals surface area (Å²) in [6.45, 7) is 4.27. The van der Waals surface area contributed by atoms with Crippen LogP contribution in [0.2, 0.25) is 5.02 Å². The molecule has 5 heteroatoms. The van der Waals surface area contributed by atoms with Crippen LogP contribution in [0, 0.1) is 5.82 Å². The largest absolute Gasteiger partial charge is 0.302 e. The molecule has 2 unspecified atom stereocenters. The maximum Gasteiger partial charge on any atom is 0.124 e. The summed E-state index contributed by atoms with van der Waals surface area (Å²) in [4.78, 5) is 2.15. The number of hydrazine groups is 1. The Morgan fingerprint density at radius 3 is 2.53 bits per heavy atom. The molecule has 1 aromatic carbocycles. The average molecular weight is 288 g/mol. The summed E-state index contributed by atoms with van der Waals surface area (Å²) in [7, 11) is 4.06. The van der Waals surface area contributed by atoms with Crippen molar-refractivity contribution in [3.63, 3.8) is 0 Å². The van der Waals surface area contributed by atoms with Crippen molar-refractivity contribution in [1.29, 1.82) is 0 Å². The zero-order valence-electron chi connectivity index (χ0n) is 12.0. The highest BCUT2D eigenvalue weighted by Gasteiger charge is 2.34. The molecule has 19 heavy (non-hydrogen) atoms. The van der Waals surface area contributed by atoms with Gasteiger partial charge in [-0.05, 0) is 51.6 Å². The van der Waals surface area contributed by atoms with Crippen LogP contribution in [0.4, 0.5) is 4.39 Å². The molecule has 3 N–H and O–H groups in total. The SMILES string of the molecule is CCC(C)(C(Cc1ccc(F)cc1Cl)NN)N(C)C. The van der Waals surface area contributed by atoms with E-state index in [1.807, 2.05) is 14.1 Å². The molecule has 0 bridgehead atoms. The lowest BCUT2D eigenvalue weighted by molar-refractivity contribution is 0.112. The van der Waals surface area contributed by atoms with Crippen molar-refractivity contribution in [2.75, 3.05) is 14.1 Å². The number of nitrogens with two attached hydrogens (primary N) is 1. The summed E-state index contributed by atoms with van der Waals surface area (Å²) >= 11 is 6.08. The summed E-state index contributed by atoms with van der Waals surface area (Å²) in [5, 5.41) is 0.442. The number of hydrogen-bond acceptors (Lipinski definition) is 3. The predicted molar refractivity (Wildman–Crippen MR) is 78.6 cm³/mol. The zero-order chi connectivity index (χ0) is 14.6. The van der Waals surface area contributed by atoms with E-state index in [-0.39, 0.29) is 17.4 Å². The lowest BCUT2D eigenvalue weighted by Gasteiger charge is -2.42. The first-order chi connectivity index (χ1) is 8.85. The zero-order valence-corrected chi connectivity index (χ0v) is 12.8. The van der Waals surface area contributed by atoms with E-state index in [9.17, 15) is 4.39 Å². The molecule has 1 rings (SSSR count). The molecule has 3 nitrogen and oxygen atoms in total. The molecule has 0 aliphatic rings. The van der Waals surface area contributed by atoms with Gasteiger partial charge in [0.25, 0.3) is 0 Å². The maximum absolute atomic E-state index is 13.1. The fourth-order valence-corrected chi connectivity index (χ4v) is 2.48. The third-order valence-electron chi connectivity index (χ3n) is 4.13. The molecule has 0 saturated carbocycles. The highest BCUT2D eigenvalue weighted by atomic mass is 35.5. The van der Waals surface area contributed by atoms with Crippen LogP contribution in [0.5, 0.6) is 0 Å². The van der Waals surface area contributed by atoms with Crippen LogP contribution in [0.1, 0.15) is 25.8 Å². The molecule has 0 saturated heterocycles. The van der Waals surface area contributed by atoms with E-state index in [4.69, 9.17) is 17.4 Å². The smallest absolute Gasteiger partial charge is 0.124 e. The van der Waals surface area contributed by atoms with Crippen LogP contribution >= 0.6 is 11.6 Å². The maximum atomic E-state index is 13.1. The summed E-state index contributed by atoms with van der Waals surface area (Å²) < 4.78 is 13.1. The third-order valence-corrected chi connectivity index (χ3v) is 4.48. The van der Waals surface area contributed by atoms with Gasteiger partial charge in [-0.1, -0.05) is 24.6 Å². The second-order valence-electron chi connectivity index (χ2n) is 5.26. The number of likely N-dealkylation sites (N-methyl/N-ethyl adjacent to an activating group) is 1. The van der Waals surface area contributed by atoms with Crippen LogP contribution < -0.4 is 11.3 Å². The van der Waals surface area contributed by atoms with E-state index in [0.717, 1.165) is 12.0 Å². The van der Waals surface area contributed by atoms with Gasteiger partial charge in [-0.3, -0.25) is 11.3 Å². The summed E-state index contributed by atoms with van der Waals surface area (Å²) in [6.07, 6.45) is 1.59. The first-order valence-electron chi connectivity index (χ1n) is 6.42. The van der Waals surface area contributed by atoms with Gasteiger partial charge in [0.1, 0.15) is 5.82 Å². The number of benzene rings is 1. The van der Waals surface area contributed by atoms with Crippen molar-refractivity contribution in [1.82, 2.24) is 10.3 Å². The van der Waals surface area contributed by atoms with Crippen molar-refractivity contribution in [3.05, 3.63) is 34.6 Å². The van der Waals surface area contributed by atoms with E-state index < -0.39 is 0 Å². The molecule has 0 aromatic heterocycles. The predicted octanol–water partition coefficient (Wildman–Crippen LogP) is 2.58.